The molecule has 2 aliphatic rings. The Balaban J connectivity index is 0.00000192. The van der Waals surface area contributed by atoms with Crippen molar-refractivity contribution in [2.24, 2.45) is 10.9 Å². The Bertz CT molecular complexity index is 473. The molecule has 2 aliphatic heterocycles. The molecule has 130 valence electrons. The average Bonchev–Trinajstić information content (AvgIpc) is 3.26. The third kappa shape index (κ3) is 5.34. The van der Waals surface area contributed by atoms with E-state index in [1.54, 1.807) is 6.26 Å². The minimum absolute atomic E-state index is 0. The summed E-state index contributed by atoms with van der Waals surface area (Å²) in [6, 6.07) is 1.87. The Morgan fingerprint density at radius 2 is 2.22 bits per heavy atom. The minimum atomic E-state index is 0. The molecular weight excluding hydrogens is 405 g/mol. The highest BCUT2D eigenvalue weighted by atomic mass is 127. The molecule has 0 amide bonds. The minimum Gasteiger partial charge on any atom is -0.364 e. The van der Waals surface area contributed by atoms with E-state index in [2.05, 4.69) is 27.2 Å². The smallest absolute Gasteiger partial charge is 0.194 e. The molecule has 1 aromatic heterocycles. The third-order valence-corrected chi connectivity index (χ3v) is 4.52. The Labute approximate surface area is 155 Å². The molecule has 6 nitrogen and oxygen atoms in total. The number of guanidine groups is 1. The predicted octanol–water partition coefficient (Wildman–Crippen LogP) is 2.18. The zero-order chi connectivity index (χ0) is 15.2. The zero-order valence-corrected chi connectivity index (χ0v) is 16.2. The fraction of sp³-hybridized carbons (Fsp3) is 0.750. The van der Waals surface area contributed by atoms with Gasteiger partial charge in [-0.15, -0.1) is 24.0 Å². The number of nitrogens with zero attached hydrogens (tertiary/aromatic N) is 4. The third-order valence-electron chi connectivity index (χ3n) is 4.52. The Hall–Kier alpha value is -0.830. The standard InChI is InChI=1S/C16H27N5O.HI/c1-2-17-16(18-11-15-6-10-22-19-15)21-9-5-14(13-21)12-20-7-3-4-8-20;/h6,10,14H,2-5,7-9,11-13H2,1H3,(H,17,18);1H. The van der Waals surface area contributed by atoms with Crippen molar-refractivity contribution in [2.45, 2.75) is 32.7 Å². The number of aliphatic imine (C=N–C) groups is 1. The lowest BCUT2D eigenvalue weighted by Gasteiger charge is -2.23. The normalized spacial score (nSPS) is 22.4. The predicted molar refractivity (Wildman–Crippen MR) is 102 cm³/mol. The van der Waals surface area contributed by atoms with Gasteiger partial charge in [0.25, 0.3) is 0 Å². The van der Waals surface area contributed by atoms with Crippen LogP contribution in [0.3, 0.4) is 0 Å². The maximum absolute atomic E-state index is 4.86. The molecule has 7 heteroatoms. The van der Waals surface area contributed by atoms with Gasteiger partial charge in [-0.3, -0.25) is 0 Å². The summed E-state index contributed by atoms with van der Waals surface area (Å²) in [5.41, 5.74) is 0.878. The molecule has 0 bridgehead atoms. The summed E-state index contributed by atoms with van der Waals surface area (Å²) in [5.74, 6) is 1.78. The van der Waals surface area contributed by atoms with E-state index in [0.29, 0.717) is 6.54 Å². The molecule has 0 radical (unpaired) electrons. The van der Waals surface area contributed by atoms with Gasteiger partial charge in [-0.25, -0.2) is 4.99 Å². The topological polar surface area (TPSA) is 56.9 Å². The van der Waals surface area contributed by atoms with Gasteiger partial charge in [0, 0.05) is 32.2 Å². The SMILES string of the molecule is CCNC(=NCc1ccon1)N1CCC(CN2CCCC2)C1.I. The van der Waals surface area contributed by atoms with Crippen molar-refractivity contribution in [3.63, 3.8) is 0 Å². The van der Waals surface area contributed by atoms with Gasteiger partial charge in [-0.2, -0.15) is 0 Å². The van der Waals surface area contributed by atoms with Crippen molar-refractivity contribution >= 4 is 29.9 Å². The van der Waals surface area contributed by atoms with Gasteiger partial charge >= 0.3 is 0 Å². The van der Waals surface area contributed by atoms with Gasteiger partial charge in [-0.1, -0.05) is 5.16 Å². The molecule has 2 fully saturated rings. The van der Waals surface area contributed by atoms with Gasteiger partial charge in [0.05, 0.1) is 6.54 Å². The van der Waals surface area contributed by atoms with Crippen molar-refractivity contribution in [2.75, 3.05) is 39.3 Å². The Kier molecular flexibility index (Phi) is 7.61. The molecule has 2 saturated heterocycles. The van der Waals surface area contributed by atoms with Crippen molar-refractivity contribution < 1.29 is 4.52 Å². The van der Waals surface area contributed by atoms with Crippen LogP contribution in [0.4, 0.5) is 0 Å². The van der Waals surface area contributed by atoms with E-state index in [4.69, 9.17) is 9.52 Å². The van der Waals surface area contributed by atoms with E-state index in [9.17, 15) is 0 Å². The first-order valence-corrected chi connectivity index (χ1v) is 8.50. The molecular formula is C16H28IN5O. The zero-order valence-electron chi connectivity index (χ0n) is 13.9. The summed E-state index contributed by atoms with van der Waals surface area (Å²) < 4.78 is 4.86. The highest BCUT2D eigenvalue weighted by Gasteiger charge is 2.27. The second kappa shape index (κ2) is 9.46. The van der Waals surface area contributed by atoms with Crippen LogP contribution in [0.5, 0.6) is 0 Å². The number of rotatable bonds is 5. The summed E-state index contributed by atoms with van der Waals surface area (Å²) in [7, 11) is 0. The van der Waals surface area contributed by atoms with Crippen LogP contribution in [0.25, 0.3) is 0 Å². The lowest BCUT2D eigenvalue weighted by molar-refractivity contribution is 0.281. The Morgan fingerprint density at radius 1 is 1.39 bits per heavy atom. The summed E-state index contributed by atoms with van der Waals surface area (Å²) >= 11 is 0. The lowest BCUT2D eigenvalue weighted by atomic mass is 10.1. The van der Waals surface area contributed by atoms with E-state index in [0.717, 1.165) is 37.2 Å². The summed E-state index contributed by atoms with van der Waals surface area (Å²) in [6.45, 7) is 9.62. The summed E-state index contributed by atoms with van der Waals surface area (Å²) in [6.07, 6.45) is 5.61. The second-order valence-corrected chi connectivity index (χ2v) is 6.27. The van der Waals surface area contributed by atoms with Gasteiger partial charge in [0.15, 0.2) is 5.96 Å². The number of hydrogen-bond acceptors (Lipinski definition) is 4. The number of aromatic nitrogens is 1. The maximum Gasteiger partial charge on any atom is 0.194 e. The fourth-order valence-electron chi connectivity index (χ4n) is 3.41. The number of halogens is 1. The van der Waals surface area contributed by atoms with Crippen LogP contribution < -0.4 is 5.32 Å². The molecule has 0 aromatic carbocycles. The molecule has 0 saturated carbocycles. The number of likely N-dealkylation sites (tertiary alicyclic amines) is 2. The van der Waals surface area contributed by atoms with Crippen LogP contribution in [0.15, 0.2) is 21.8 Å². The first-order chi connectivity index (χ1) is 10.8. The van der Waals surface area contributed by atoms with Crippen molar-refractivity contribution in [1.82, 2.24) is 20.3 Å². The summed E-state index contributed by atoms with van der Waals surface area (Å²) in [4.78, 5) is 9.71. The van der Waals surface area contributed by atoms with Crippen LogP contribution in [-0.2, 0) is 6.54 Å². The quantitative estimate of drug-likeness (QED) is 0.438. The molecule has 3 heterocycles. The van der Waals surface area contributed by atoms with Crippen molar-refractivity contribution in [1.29, 1.82) is 0 Å². The molecule has 1 atom stereocenters. The molecule has 1 N–H and O–H groups in total. The van der Waals surface area contributed by atoms with E-state index >= 15 is 0 Å². The highest BCUT2D eigenvalue weighted by molar-refractivity contribution is 14.0. The number of nitrogens with one attached hydrogen (secondary N) is 1. The maximum atomic E-state index is 4.86. The van der Waals surface area contributed by atoms with E-state index < -0.39 is 0 Å². The lowest BCUT2D eigenvalue weighted by Crippen LogP contribution is -2.40. The van der Waals surface area contributed by atoms with Crippen LogP contribution >= 0.6 is 24.0 Å². The van der Waals surface area contributed by atoms with Crippen LogP contribution in [0.1, 0.15) is 31.9 Å². The van der Waals surface area contributed by atoms with Crippen molar-refractivity contribution in [3.05, 3.63) is 18.0 Å². The highest BCUT2D eigenvalue weighted by Crippen LogP contribution is 2.20. The van der Waals surface area contributed by atoms with Crippen LogP contribution in [0.2, 0.25) is 0 Å². The van der Waals surface area contributed by atoms with E-state index in [-0.39, 0.29) is 24.0 Å². The molecule has 0 aliphatic carbocycles. The molecule has 23 heavy (non-hydrogen) atoms. The van der Waals surface area contributed by atoms with Gasteiger partial charge in [0.2, 0.25) is 0 Å². The van der Waals surface area contributed by atoms with Crippen molar-refractivity contribution in [3.8, 4) is 0 Å². The second-order valence-electron chi connectivity index (χ2n) is 6.27. The van der Waals surface area contributed by atoms with E-state index in [1.165, 1.54) is 38.9 Å². The van der Waals surface area contributed by atoms with Gasteiger partial charge < -0.3 is 19.6 Å². The largest absolute Gasteiger partial charge is 0.364 e. The first kappa shape index (κ1) is 18.5. The van der Waals surface area contributed by atoms with Gasteiger partial charge in [0.1, 0.15) is 12.0 Å². The molecule has 3 rings (SSSR count). The van der Waals surface area contributed by atoms with E-state index in [1.807, 2.05) is 6.07 Å². The molecule has 0 spiro atoms. The average molecular weight is 433 g/mol. The first-order valence-electron chi connectivity index (χ1n) is 8.50. The Morgan fingerprint density at radius 3 is 2.91 bits per heavy atom. The van der Waals surface area contributed by atoms with Crippen LogP contribution in [-0.4, -0.2) is 60.2 Å². The monoisotopic (exact) mass is 433 g/mol. The van der Waals surface area contributed by atoms with Crippen LogP contribution in [0, 0.1) is 5.92 Å². The van der Waals surface area contributed by atoms with Gasteiger partial charge in [-0.05, 0) is 45.2 Å². The molecule has 1 unspecified atom stereocenters. The number of hydrogen-bond donors (Lipinski definition) is 1. The fourth-order valence-corrected chi connectivity index (χ4v) is 3.41. The summed E-state index contributed by atoms with van der Waals surface area (Å²) in [5, 5.41) is 7.33. The molecule has 1 aromatic rings.